The third-order valence-corrected chi connectivity index (χ3v) is 37.4. The molecule has 0 aliphatic heterocycles. The lowest BCUT2D eigenvalue weighted by molar-refractivity contribution is -0.192. The lowest BCUT2D eigenvalue weighted by atomic mass is 9.47. The molecule has 0 aromatic heterocycles. The van der Waals surface area contributed by atoms with E-state index in [9.17, 15) is 28.7 Å². The van der Waals surface area contributed by atoms with Gasteiger partial charge in [0.15, 0.2) is 6.10 Å². The van der Waals surface area contributed by atoms with Gasteiger partial charge in [0.05, 0.1) is 92.0 Å². The summed E-state index contributed by atoms with van der Waals surface area (Å²) in [5.74, 6) is 12.4. The molecule has 26 atom stereocenters. The van der Waals surface area contributed by atoms with E-state index in [2.05, 4.69) is 163 Å². The average Bonchev–Trinajstić information content (AvgIpc) is 0.817. The summed E-state index contributed by atoms with van der Waals surface area (Å²) >= 11 is 0. The molecule has 0 bridgehead atoms. The highest BCUT2D eigenvalue weighted by Crippen LogP contribution is 2.72. The minimum absolute atomic E-state index is 0.0358. The van der Waals surface area contributed by atoms with Crippen molar-refractivity contribution in [3.63, 3.8) is 0 Å². The van der Waals surface area contributed by atoms with Gasteiger partial charge in [0.25, 0.3) is 0 Å². The van der Waals surface area contributed by atoms with Gasteiger partial charge in [-0.05, 0) is 291 Å². The van der Waals surface area contributed by atoms with Crippen LogP contribution in [0.15, 0.2) is 34.9 Å². The molecule has 11 aliphatic carbocycles. The van der Waals surface area contributed by atoms with Crippen LogP contribution in [0.25, 0.3) is 0 Å². The van der Waals surface area contributed by atoms with Crippen molar-refractivity contribution < 1.29 is 90.4 Å². The number of rotatable bonds is 51. The van der Waals surface area contributed by atoms with Gasteiger partial charge in [-0.25, -0.2) is 9.59 Å². The second kappa shape index (κ2) is 52.5. The van der Waals surface area contributed by atoms with Gasteiger partial charge in [-0.1, -0.05) is 217 Å². The molecular formula is C106H187N2O19P2+. The Labute approximate surface area is 785 Å². The Morgan fingerprint density at radius 1 is 0.488 bits per heavy atom. The summed E-state index contributed by atoms with van der Waals surface area (Å²) < 4.78 is 79.7. The number of hydrogen-bond acceptors (Lipinski definition) is 18. The molecule has 0 aromatic carbocycles. The molecule has 11 aliphatic rings. The summed E-state index contributed by atoms with van der Waals surface area (Å²) in [5.41, 5.74) is 7.80. The first-order chi connectivity index (χ1) is 61.4. The van der Waals surface area contributed by atoms with Gasteiger partial charge < -0.3 is 68.4 Å². The predicted octanol–water partition coefficient (Wildman–Crippen LogP) is 23.8. The smallest absolute Gasteiger partial charge is 0.566 e. The van der Waals surface area contributed by atoms with Crippen LogP contribution < -0.4 is 15.5 Å². The number of fused-ring (bicyclic) bond motifs is 11. The van der Waals surface area contributed by atoms with Crippen molar-refractivity contribution in [1.82, 2.24) is 10.6 Å². The predicted molar refractivity (Wildman–Crippen MR) is 513 cm³/mol. The summed E-state index contributed by atoms with van der Waals surface area (Å²) in [4.78, 5) is 44.3. The average molecular weight is 1860 g/mol. The van der Waals surface area contributed by atoms with Gasteiger partial charge >= 0.3 is 28.7 Å². The zero-order valence-corrected chi connectivity index (χ0v) is 86.2. The van der Waals surface area contributed by atoms with Gasteiger partial charge in [0.1, 0.15) is 18.8 Å². The van der Waals surface area contributed by atoms with E-state index in [1.807, 2.05) is 0 Å². The third kappa shape index (κ3) is 30.0. The van der Waals surface area contributed by atoms with E-state index in [4.69, 9.17) is 52.6 Å². The summed E-state index contributed by atoms with van der Waals surface area (Å²) in [7, 11) is -5.60. The quantitative estimate of drug-likeness (QED) is 0.0215. The van der Waals surface area contributed by atoms with Crippen LogP contribution in [0.5, 0.6) is 0 Å². The molecule has 0 heterocycles. The van der Waals surface area contributed by atoms with Crippen molar-refractivity contribution in [3.8, 4) is 0 Å². The molecule has 21 nitrogen and oxygen atoms in total. The zero-order chi connectivity index (χ0) is 93.8. The van der Waals surface area contributed by atoms with Gasteiger partial charge in [-0.2, -0.15) is 0 Å². The molecule has 0 radical (unpaired) electrons. The van der Waals surface area contributed by atoms with Crippen molar-refractivity contribution in [2.24, 2.45) is 132 Å². The van der Waals surface area contributed by atoms with E-state index in [1.54, 1.807) is 16.7 Å². The Kier molecular flexibility index (Phi) is 44.8. The minimum Gasteiger partial charge on any atom is -0.566 e. The van der Waals surface area contributed by atoms with E-state index in [0.29, 0.717) is 131 Å². The number of amides is 2. The van der Waals surface area contributed by atoms with Crippen molar-refractivity contribution in [2.45, 2.75) is 374 Å². The van der Waals surface area contributed by atoms with Gasteiger partial charge in [-0.15, -0.1) is 13.9 Å². The van der Waals surface area contributed by atoms with E-state index < -0.39 is 29.2 Å². The molecule has 11 rings (SSSR count). The first-order valence-corrected chi connectivity index (χ1v) is 54.6. The Morgan fingerprint density at radius 3 is 1.36 bits per heavy atom. The van der Waals surface area contributed by atoms with E-state index in [1.165, 1.54) is 161 Å². The number of aliphatic hydroxyl groups is 2. The summed E-state index contributed by atoms with van der Waals surface area (Å²) in [6, 6.07) is 0. The van der Waals surface area contributed by atoms with Crippen molar-refractivity contribution in [2.75, 3.05) is 119 Å². The van der Waals surface area contributed by atoms with Crippen LogP contribution in [0.3, 0.4) is 0 Å². The molecule has 8 fully saturated rings. The van der Waals surface area contributed by atoms with E-state index in [-0.39, 0.29) is 67.8 Å². The Bertz CT molecular complexity index is 3470. The Morgan fingerprint density at radius 2 is 0.930 bits per heavy atom. The van der Waals surface area contributed by atoms with Gasteiger partial charge in [0.2, 0.25) is 0 Å². The van der Waals surface area contributed by atoms with E-state index >= 15 is 0 Å². The second-order valence-corrected chi connectivity index (χ2v) is 47.3. The monoisotopic (exact) mass is 1850 g/mol. The fraction of sp³-hybridized carbons (Fsp3) is 0.925. The van der Waals surface area contributed by atoms with E-state index in [0.717, 1.165) is 140 Å². The first-order valence-electron chi connectivity index (χ1n) is 52.3. The SMILES string of the molecule is CC(C)CCCC(C)[C@H]1CCC2C3CC=C4C[C@@H](OC(=O)NCCCOCCOCCOCCOCC(CO)O[P+](=O)[O-])CC[C@]4(C)C3CC[C@@]21C.CC(C)CCCC(C)[C@H]1CCC2C3CC=C4C[C@@H](OC(=O)NCCCOCCOCCOCCO[P+](=O)O)CC[C@]4(C)C3CC[C@@]21C.CC[C@@]1(C)[C@H]([C@]2(C)CC=C3C[C@@H](O)CC[C@]3(C)C2)CC[C@]1(C)[C@H](C)CCCC(C)C. The molecule has 744 valence electrons. The summed E-state index contributed by atoms with van der Waals surface area (Å²) in [6.07, 6.45) is 49.1. The maximum Gasteiger partial charge on any atom is 0.694 e. The number of allylic oxidation sites excluding steroid dienone is 3. The zero-order valence-electron chi connectivity index (χ0n) is 84.4. The standard InChI is InChI=1S/C40H70NO10P.C37H64NO8P.C29H52O/c1-29(2)8-6-9-30(3)35-12-13-36-34-11-10-31-26-32(14-16-39(31,4)37(34)15-17-40(35,36)5)50-38(43)41-18-7-19-46-20-21-47-22-23-48-24-25-49-28-33(27-42)51-52(44)45;1-27(2)8-6-9-28(3)32-12-13-33-31-11-10-29-26-30(14-16-36(29,4)34(31)15-17-37(32,33)5)46-35(39)38-18-7-19-42-20-21-43-22-23-44-24-25-45-47(40)41;1-9-28(7)25(15-18-29(28,8)22(4)12-10-11-21(2)3)27(6)16-13-23-19-24(30)14-17-26(23,5)20-27/h10,29-30,32-37,42H,6-9,11-28H2,1-5H3,(H,41,43);10,27-28,30-34H,6-9,11-26H2,1-5H3,(H-,38,39,40,41);13,21-22,24-25,30H,9-12,14-20H2,1-8H3/p+1/t30?,32-,33?,34?,35+,36?,37?,39-,40+;28?,30-,31?,32+,33?,34?,36-,37+;22-,24+,25+,26-,27-,28+,29-/m001/s1. The van der Waals surface area contributed by atoms with Crippen LogP contribution in [0, 0.1) is 132 Å². The maximum atomic E-state index is 12.7. The van der Waals surface area contributed by atoms with Crippen molar-refractivity contribution >= 4 is 28.7 Å². The molecule has 23 heteroatoms. The number of carbonyl (C=O) groups is 2. The van der Waals surface area contributed by atoms with Crippen LogP contribution >= 0.6 is 16.5 Å². The van der Waals surface area contributed by atoms with Crippen molar-refractivity contribution in [1.29, 1.82) is 0 Å². The number of alkyl carbamates (subject to hydrolysis) is 2. The fourth-order valence-electron chi connectivity index (χ4n) is 29.0. The number of nitrogens with one attached hydrogen (secondary N) is 2. The lowest BCUT2D eigenvalue weighted by Gasteiger charge is -2.58. The lowest BCUT2D eigenvalue weighted by Crippen LogP contribution is -2.51. The minimum atomic E-state index is -3.03. The number of hydrogen-bond donors (Lipinski definition) is 5. The highest BCUT2D eigenvalue weighted by atomic mass is 31.1. The first kappa shape index (κ1) is 110. The van der Waals surface area contributed by atoms with Crippen LogP contribution in [0.2, 0.25) is 0 Å². The fourth-order valence-corrected chi connectivity index (χ4v) is 29.6. The van der Waals surface area contributed by atoms with Crippen LogP contribution in [0.1, 0.15) is 349 Å². The molecule has 0 aromatic rings. The number of aliphatic hydroxyl groups excluding tert-OH is 2. The Hall–Kier alpha value is -2.56. The normalized spacial score (nSPS) is 35.0. The molecule has 129 heavy (non-hydrogen) atoms. The Balaban J connectivity index is 0.000000226. The van der Waals surface area contributed by atoms with Crippen LogP contribution in [0.4, 0.5) is 9.59 Å². The molecule has 5 N–H and O–H groups in total. The third-order valence-electron chi connectivity index (χ3n) is 36.5. The second-order valence-electron chi connectivity index (χ2n) is 45.9. The summed E-state index contributed by atoms with van der Waals surface area (Å²) in [6.45, 7) is 51.1. The molecule has 2 amide bonds. The molecule has 0 saturated heterocycles. The number of carbonyl (C=O) groups excluding carboxylic acids is 2. The highest BCUT2D eigenvalue weighted by Gasteiger charge is 2.64. The van der Waals surface area contributed by atoms with Gasteiger partial charge in [0, 0.05) is 43.7 Å². The topological polar surface area (TPSA) is 278 Å². The largest absolute Gasteiger partial charge is 0.694 e. The molecule has 0 spiro atoms. The summed E-state index contributed by atoms with van der Waals surface area (Å²) in [5, 5.41) is 25.1. The maximum absolute atomic E-state index is 12.7. The van der Waals surface area contributed by atoms with Crippen LogP contribution in [-0.4, -0.2) is 171 Å². The molecular weight excluding hydrogens is 1670 g/mol. The van der Waals surface area contributed by atoms with Crippen molar-refractivity contribution in [3.05, 3.63) is 34.9 Å². The van der Waals surface area contributed by atoms with Crippen LogP contribution in [-0.2, 0) is 60.8 Å². The molecule has 8 saturated carbocycles. The molecule has 11 unspecified atom stereocenters. The number of ether oxygens (including phenoxy) is 9. The highest BCUT2D eigenvalue weighted by molar-refractivity contribution is 7.32. The van der Waals surface area contributed by atoms with Gasteiger partial charge in [-0.3, -0.25) is 0 Å².